The second-order valence-electron chi connectivity index (χ2n) is 4.74. The first kappa shape index (κ1) is 15.0. The topological polar surface area (TPSA) is 20.2 Å². The van der Waals surface area contributed by atoms with Gasteiger partial charge in [0.2, 0.25) is 0 Å². The maximum absolute atomic E-state index is 13.7. The summed E-state index contributed by atoms with van der Waals surface area (Å²) in [5.41, 5.74) is 1.40. The molecule has 0 spiro atoms. The third-order valence-corrected chi connectivity index (χ3v) is 4.18. The van der Waals surface area contributed by atoms with Gasteiger partial charge in [-0.05, 0) is 31.5 Å². The Morgan fingerprint density at radius 1 is 1.00 bits per heavy atom. The molecule has 0 amide bonds. The van der Waals surface area contributed by atoms with E-state index in [2.05, 4.69) is 0 Å². The van der Waals surface area contributed by atoms with Gasteiger partial charge in [-0.3, -0.25) is 0 Å². The third-order valence-electron chi connectivity index (χ3n) is 3.09. The highest BCUT2D eigenvalue weighted by atomic mass is 32.2. The van der Waals surface area contributed by atoms with Crippen molar-refractivity contribution in [2.75, 3.05) is 5.75 Å². The molecule has 106 valence electrons. The van der Waals surface area contributed by atoms with Crippen LogP contribution in [0.2, 0.25) is 0 Å². The molecule has 2 aromatic rings. The highest BCUT2D eigenvalue weighted by Gasteiger charge is 2.17. The minimum absolute atomic E-state index is 0.00714. The predicted molar refractivity (Wildman–Crippen MR) is 78.0 cm³/mol. The van der Waals surface area contributed by atoms with E-state index in [0.29, 0.717) is 0 Å². The molecule has 0 radical (unpaired) electrons. The Bertz CT molecular complexity index is 596. The quantitative estimate of drug-likeness (QED) is 0.843. The summed E-state index contributed by atoms with van der Waals surface area (Å²) in [6.45, 7) is 3.49. The molecule has 0 aromatic heterocycles. The van der Waals surface area contributed by atoms with Gasteiger partial charge in [-0.1, -0.05) is 29.8 Å². The molecular weight excluding hydrogens is 278 g/mol. The minimum atomic E-state index is -1.03. The van der Waals surface area contributed by atoms with Crippen LogP contribution in [0.1, 0.15) is 22.8 Å². The van der Waals surface area contributed by atoms with E-state index in [1.165, 1.54) is 30.8 Å². The van der Waals surface area contributed by atoms with Crippen molar-refractivity contribution in [3.8, 4) is 0 Å². The molecule has 1 nitrogen and oxygen atoms in total. The molecule has 0 bridgehead atoms. The fourth-order valence-corrected chi connectivity index (χ4v) is 2.68. The molecule has 20 heavy (non-hydrogen) atoms. The van der Waals surface area contributed by atoms with E-state index >= 15 is 0 Å². The number of aliphatic hydroxyl groups excluding tert-OH is 1. The second-order valence-corrected chi connectivity index (χ2v) is 5.83. The molecule has 1 unspecified atom stereocenters. The summed E-state index contributed by atoms with van der Waals surface area (Å²) >= 11 is 1.41. The minimum Gasteiger partial charge on any atom is -0.387 e. The highest BCUT2D eigenvalue weighted by molar-refractivity contribution is 7.99. The van der Waals surface area contributed by atoms with Crippen LogP contribution in [0, 0.1) is 25.5 Å². The number of hydrogen-bond donors (Lipinski definition) is 1. The fraction of sp³-hybridized carbons (Fsp3) is 0.250. The van der Waals surface area contributed by atoms with Gasteiger partial charge in [0.1, 0.15) is 0 Å². The summed E-state index contributed by atoms with van der Waals surface area (Å²) in [6, 6.07) is 10.8. The van der Waals surface area contributed by atoms with Gasteiger partial charge in [0.05, 0.1) is 6.10 Å². The standard InChI is InChI=1S/C16H16F2OS/c1-10-3-6-12(7-4-10)20-9-14(19)13-8-5-11(2)15(17)16(13)18/h3-8,14,19H,9H2,1-2H3. The lowest BCUT2D eigenvalue weighted by Gasteiger charge is -2.13. The molecule has 4 heteroatoms. The highest BCUT2D eigenvalue weighted by Crippen LogP contribution is 2.28. The number of aryl methyl sites for hydroxylation is 2. The average molecular weight is 294 g/mol. The molecule has 0 saturated heterocycles. The van der Waals surface area contributed by atoms with Gasteiger partial charge in [-0.15, -0.1) is 11.8 Å². The van der Waals surface area contributed by atoms with Crippen LogP contribution in [-0.4, -0.2) is 10.9 Å². The van der Waals surface area contributed by atoms with Crippen LogP contribution in [-0.2, 0) is 0 Å². The van der Waals surface area contributed by atoms with Crippen LogP contribution in [0.3, 0.4) is 0 Å². The number of halogens is 2. The number of hydrogen-bond acceptors (Lipinski definition) is 2. The van der Waals surface area contributed by atoms with Crippen LogP contribution >= 0.6 is 11.8 Å². The number of thioether (sulfide) groups is 1. The monoisotopic (exact) mass is 294 g/mol. The first-order valence-electron chi connectivity index (χ1n) is 6.31. The fourth-order valence-electron chi connectivity index (χ4n) is 1.82. The molecule has 2 rings (SSSR count). The Kier molecular flexibility index (Phi) is 4.78. The Morgan fingerprint density at radius 3 is 2.30 bits per heavy atom. The van der Waals surface area contributed by atoms with Gasteiger partial charge in [0.25, 0.3) is 0 Å². The molecule has 0 aliphatic rings. The first-order valence-corrected chi connectivity index (χ1v) is 7.29. The van der Waals surface area contributed by atoms with E-state index in [4.69, 9.17) is 0 Å². The van der Waals surface area contributed by atoms with E-state index in [9.17, 15) is 13.9 Å². The SMILES string of the molecule is Cc1ccc(SCC(O)c2ccc(C)c(F)c2F)cc1. The van der Waals surface area contributed by atoms with Crippen LogP contribution in [0.15, 0.2) is 41.3 Å². The van der Waals surface area contributed by atoms with Gasteiger partial charge >= 0.3 is 0 Å². The predicted octanol–water partition coefficient (Wildman–Crippen LogP) is 4.41. The zero-order valence-electron chi connectivity index (χ0n) is 11.4. The Hall–Kier alpha value is -1.39. The van der Waals surface area contributed by atoms with Crippen molar-refractivity contribution < 1.29 is 13.9 Å². The number of benzene rings is 2. The van der Waals surface area contributed by atoms with Crippen molar-refractivity contribution in [1.29, 1.82) is 0 Å². The van der Waals surface area contributed by atoms with Gasteiger partial charge < -0.3 is 5.11 Å². The molecule has 0 aliphatic heterocycles. The summed E-state index contributed by atoms with van der Waals surface area (Å²) < 4.78 is 27.2. The molecular formula is C16H16F2OS. The van der Waals surface area contributed by atoms with Crippen molar-refractivity contribution in [3.05, 3.63) is 64.7 Å². The van der Waals surface area contributed by atoms with E-state index in [1.54, 1.807) is 0 Å². The Labute approximate surface area is 121 Å². The Balaban J connectivity index is 2.07. The second kappa shape index (κ2) is 6.37. The van der Waals surface area contributed by atoms with Crippen molar-refractivity contribution in [1.82, 2.24) is 0 Å². The lowest BCUT2D eigenvalue weighted by Crippen LogP contribution is -2.06. The van der Waals surface area contributed by atoms with E-state index < -0.39 is 17.7 Å². The van der Waals surface area contributed by atoms with Crippen LogP contribution < -0.4 is 0 Å². The van der Waals surface area contributed by atoms with E-state index in [1.807, 2.05) is 31.2 Å². The zero-order chi connectivity index (χ0) is 14.7. The summed E-state index contributed by atoms with van der Waals surface area (Å²) in [6.07, 6.45) is -1.03. The van der Waals surface area contributed by atoms with Crippen LogP contribution in [0.25, 0.3) is 0 Å². The van der Waals surface area contributed by atoms with Crippen molar-refractivity contribution in [2.45, 2.75) is 24.8 Å². The van der Waals surface area contributed by atoms with Crippen LogP contribution in [0.5, 0.6) is 0 Å². The summed E-state index contributed by atoms with van der Waals surface area (Å²) in [5.74, 6) is -1.56. The van der Waals surface area contributed by atoms with Gasteiger partial charge in [-0.2, -0.15) is 0 Å². The number of aliphatic hydroxyl groups is 1. The van der Waals surface area contributed by atoms with Crippen molar-refractivity contribution in [3.63, 3.8) is 0 Å². The maximum Gasteiger partial charge on any atom is 0.164 e. The average Bonchev–Trinajstić information content (AvgIpc) is 2.44. The lowest BCUT2D eigenvalue weighted by molar-refractivity contribution is 0.197. The summed E-state index contributed by atoms with van der Waals surface area (Å²) in [4.78, 5) is 0.989. The van der Waals surface area contributed by atoms with Gasteiger partial charge in [-0.25, -0.2) is 8.78 Å². The zero-order valence-corrected chi connectivity index (χ0v) is 12.2. The normalized spacial score (nSPS) is 12.4. The van der Waals surface area contributed by atoms with E-state index in [0.717, 1.165) is 10.5 Å². The van der Waals surface area contributed by atoms with Crippen molar-refractivity contribution >= 4 is 11.8 Å². The molecule has 2 aromatic carbocycles. The smallest absolute Gasteiger partial charge is 0.164 e. The molecule has 0 heterocycles. The van der Waals surface area contributed by atoms with Crippen LogP contribution in [0.4, 0.5) is 8.78 Å². The molecule has 0 saturated carbocycles. The summed E-state index contributed by atoms with van der Waals surface area (Å²) in [5, 5.41) is 10.0. The number of rotatable bonds is 4. The van der Waals surface area contributed by atoms with Gasteiger partial charge in [0, 0.05) is 16.2 Å². The largest absolute Gasteiger partial charge is 0.387 e. The Morgan fingerprint density at radius 2 is 1.65 bits per heavy atom. The lowest BCUT2D eigenvalue weighted by atomic mass is 10.1. The van der Waals surface area contributed by atoms with Gasteiger partial charge in [0.15, 0.2) is 11.6 Å². The summed E-state index contributed by atoms with van der Waals surface area (Å²) in [7, 11) is 0. The molecule has 0 fully saturated rings. The maximum atomic E-state index is 13.7. The van der Waals surface area contributed by atoms with Crippen molar-refractivity contribution in [2.24, 2.45) is 0 Å². The molecule has 0 aliphatic carbocycles. The van der Waals surface area contributed by atoms with E-state index in [-0.39, 0.29) is 16.9 Å². The molecule has 1 atom stereocenters. The first-order chi connectivity index (χ1) is 9.49. The third kappa shape index (κ3) is 3.38. The molecule has 1 N–H and O–H groups in total.